The Morgan fingerprint density at radius 1 is 1.21 bits per heavy atom. The van der Waals surface area contributed by atoms with Crippen LogP contribution in [0.4, 0.5) is 0 Å². The van der Waals surface area contributed by atoms with Gasteiger partial charge in [0.1, 0.15) is 0 Å². The van der Waals surface area contributed by atoms with Gasteiger partial charge in [-0.05, 0) is 36.2 Å². The second-order valence-electron chi connectivity index (χ2n) is 4.63. The van der Waals surface area contributed by atoms with Gasteiger partial charge in [-0.3, -0.25) is 4.57 Å². The molecule has 0 atom stereocenters. The molecule has 0 aliphatic rings. The number of halogens is 1. The third-order valence-electron chi connectivity index (χ3n) is 3.22. The highest BCUT2D eigenvalue weighted by Gasteiger charge is 2.08. The molecule has 0 bridgehead atoms. The summed E-state index contributed by atoms with van der Waals surface area (Å²) >= 11 is 6.15. The van der Waals surface area contributed by atoms with E-state index in [2.05, 4.69) is 4.98 Å². The van der Waals surface area contributed by atoms with Gasteiger partial charge < -0.3 is 4.98 Å². The van der Waals surface area contributed by atoms with Gasteiger partial charge in [-0.1, -0.05) is 35.9 Å². The molecular formula is C15H13ClN2O. The van der Waals surface area contributed by atoms with Crippen LogP contribution < -0.4 is 5.69 Å². The maximum Gasteiger partial charge on any atom is 0.326 e. The van der Waals surface area contributed by atoms with Crippen molar-refractivity contribution in [2.75, 3.05) is 0 Å². The fraction of sp³-hybridized carbons (Fsp3) is 0.133. The topological polar surface area (TPSA) is 37.8 Å². The van der Waals surface area contributed by atoms with Gasteiger partial charge in [0, 0.05) is 5.02 Å². The quantitative estimate of drug-likeness (QED) is 0.763. The summed E-state index contributed by atoms with van der Waals surface area (Å²) in [6, 6.07) is 13.5. The Labute approximate surface area is 115 Å². The van der Waals surface area contributed by atoms with Gasteiger partial charge in [-0.25, -0.2) is 4.79 Å². The van der Waals surface area contributed by atoms with E-state index in [1.165, 1.54) is 0 Å². The van der Waals surface area contributed by atoms with Gasteiger partial charge in [0.05, 0.1) is 17.6 Å². The summed E-state index contributed by atoms with van der Waals surface area (Å²) in [7, 11) is 0. The maximum atomic E-state index is 12.0. The number of aromatic amines is 1. The Balaban J connectivity index is 2.15. The molecule has 3 nitrogen and oxygen atoms in total. The number of nitrogens with zero attached hydrogens (tertiary/aromatic N) is 1. The first-order valence-corrected chi connectivity index (χ1v) is 6.45. The smallest absolute Gasteiger partial charge is 0.306 e. The van der Waals surface area contributed by atoms with Crippen LogP contribution in [0, 0.1) is 6.92 Å². The van der Waals surface area contributed by atoms with Crippen LogP contribution >= 0.6 is 11.6 Å². The van der Waals surface area contributed by atoms with Gasteiger partial charge in [-0.2, -0.15) is 0 Å². The number of benzene rings is 2. The van der Waals surface area contributed by atoms with Gasteiger partial charge >= 0.3 is 5.69 Å². The zero-order chi connectivity index (χ0) is 13.4. The molecular weight excluding hydrogens is 260 g/mol. The van der Waals surface area contributed by atoms with E-state index in [-0.39, 0.29) is 5.69 Å². The molecule has 0 saturated carbocycles. The molecule has 19 heavy (non-hydrogen) atoms. The van der Waals surface area contributed by atoms with Crippen LogP contribution in [0.1, 0.15) is 11.1 Å². The van der Waals surface area contributed by atoms with Crippen molar-refractivity contribution in [1.29, 1.82) is 0 Å². The molecule has 0 radical (unpaired) electrons. The highest BCUT2D eigenvalue weighted by atomic mass is 35.5. The third-order valence-corrected chi connectivity index (χ3v) is 3.59. The summed E-state index contributed by atoms with van der Waals surface area (Å²) in [5.74, 6) is 0. The monoisotopic (exact) mass is 272 g/mol. The van der Waals surface area contributed by atoms with E-state index in [0.717, 1.165) is 22.2 Å². The van der Waals surface area contributed by atoms with Crippen LogP contribution in [0.25, 0.3) is 11.0 Å². The van der Waals surface area contributed by atoms with E-state index in [0.29, 0.717) is 11.6 Å². The molecule has 4 heteroatoms. The lowest BCUT2D eigenvalue weighted by Crippen LogP contribution is -2.17. The molecule has 0 saturated heterocycles. The Hall–Kier alpha value is -2.00. The largest absolute Gasteiger partial charge is 0.326 e. The average molecular weight is 273 g/mol. The summed E-state index contributed by atoms with van der Waals surface area (Å²) in [5, 5.41) is 0.677. The number of hydrogen-bond donors (Lipinski definition) is 1. The molecule has 0 amide bonds. The Morgan fingerprint density at radius 3 is 2.79 bits per heavy atom. The van der Waals surface area contributed by atoms with E-state index in [1.807, 2.05) is 49.4 Å². The minimum atomic E-state index is -0.111. The summed E-state index contributed by atoms with van der Waals surface area (Å²) in [5.41, 5.74) is 3.71. The van der Waals surface area contributed by atoms with Crippen LogP contribution in [-0.4, -0.2) is 9.55 Å². The zero-order valence-electron chi connectivity index (χ0n) is 10.5. The summed E-state index contributed by atoms with van der Waals surface area (Å²) in [4.78, 5) is 14.9. The molecule has 0 unspecified atom stereocenters. The fourth-order valence-electron chi connectivity index (χ4n) is 2.22. The molecule has 0 fully saturated rings. The van der Waals surface area contributed by atoms with Crippen LogP contribution in [0.2, 0.25) is 5.02 Å². The minimum absolute atomic E-state index is 0.111. The molecule has 2 aromatic carbocycles. The van der Waals surface area contributed by atoms with Crippen molar-refractivity contribution < 1.29 is 0 Å². The number of aromatic nitrogens is 2. The Morgan fingerprint density at radius 2 is 2.00 bits per heavy atom. The molecule has 1 heterocycles. The van der Waals surface area contributed by atoms with Crippen LogP contribution in [0.3, 0.4) is 0 Å². The van der Waals surface area contributed by atoms with Crippen LogP contribution in [0.5, 0.6) is 0 Å². The molecule has 0 aliphatic carbocycles. The van der Waals surface area contributed by atoms with Gasteiger partial charge in [0.25, 0.3) is 0 Å². The second kappa shape index (κ2) is 4.59. The molecule has 96 valence electrons. The first-order valence-electron chi connectivity index (χ1n) is 6.08. The van der Waals surface area contributed by atoms with Crippen molar-refractivity contribution >= 4 is 22.6 Å². The number of rotatable bonds is 2. The van der Waals surface area contributed by atoms with E-state index in [9.17, 15) is 4.79 Å². The number of hydrogen-bond acceptors (Lipinski definition) is 1. The second-order valence-corrected chi connectivity index (χ2v) is 5.04. The third kappa shape index (κ3) is 2.17. The number of imidazole rings is 1. The van der Waals surface area contributed by atoms with Crippen molar-refractivity contribution in [2.45, 2.75) is 13.5 Å². The molecule has 3 aromatic rings. The number of nitrogens with one attached hydrogen (secondary N) is 1. The minimum Gasteiger partial charge on any atom is -0.306 e. The van der Waals surface area contributed by atoms with E-state index in [1.54, 1.807) is 4.57 Å². The van der Waals surface area contributed by atoms with Crippen LogP contribution in [-0.2, 0) is 6.54 Å². The number of fused-ring (bicyclic) bond motifs is 1. The van der Waals surface area contributed by atoms with Gasteiger partial charge in [0.15, 0.2) is 0 Å². The van der Waals surface area contributed by atoms with E-state index >= 15 is 0 Å². The number of aryl methyl sites for hydroxylation is 1. The summed E-state index contributed by atoms with van der Waals surface area (Å²) in [6.07, 6.45) is 0. The first-order chi connectivity index (χ1) is 9.15. The Kier molecular flexibility index (Phi) is 2.91. The van der Waals surface area contributed by atoms with Gasteiger partial charge in [-0.15, -0.1) is 0 Å². The maximum absolute atomic E-state index is 12.0. The van der Waals surface area contributed by atoms with Crippen molar-refractivity contribution in [3.8, 4) is 0 Å². The lowest BCUT2D eigenvalue weighted by Gasteiger charge is -2.06. The summed E-state index contributed by atoms with van der Waals surface area (Å²) in [6.45, 7) is 2.48. The van der Waals surface area contributed by atoms with Crippen molar-refractivity contribution in [3.63, 3.8) is 0 Å². The highest BCUT2D eigenvalue weighted by Crippen LogP contribution is 2.18. The molecule has 1 N–H and O–H groups in total. The summed E-state index contributed by atoms with van der Waals surface area (Å²) < 4.78 is 1.71. The average Bonchev–Trinajstić information content (AvgIpc) is 2.69. The van der Waals surface area contributed by atoms with Gasteiger partial charge in [0.2, 0.25) is 0 Å². The Bertz CT molecular complexity index is 801. The van der Waals surface area contributed by atoms with E-state index < -0.39 is 0 Å². The normalized spacial score (nSPS) is 11.1. The van der Waals surface area contributed by atoms with E-state index in [4.69, 9.17) is 11.6 Å². The fourth-order valence-corrected chi connectivity index (χ4v) is 2.41. The predicted octanol–water partition coefficient (Wildman–Crippen LogP) is 3.34. The predicted molar refractivity (Wildman–Crippen MR) is 77.8 cm³/mol. The van der Waals surface area contributed by atoms with Crippen molar-refractivity contribution in [2.24, 2.45) is 0 Å². The van der Waals surface area contributed by atoms with Crippen molar-refractivity contribution in [3.05, 3.63) is 69.1 Å². The molecule has 0 aliphatic heterocycles. The lowest BCUT2D eigenvalue weighted by atomic mass is 10.2. The SMILES string of the molecule is Cc1ccc2[nH]c(=O)n(Cc3ccccc3Cl)c2c1. The molecule has 1 aromatic heterocycles. The molecule has 0 spiro atoms. The lowest BCUT2D eigenvalue weighted by molar-refractivity contribution is 0.787. The number of H-pyrrole nitrogens is 1. The first kappa shape index (κ1) is 12.1. The highest BCUT2D eigenvalue weighted by molar-refractivity contribution is 6.31. The standard InChI is InChI=1S/C15H13ClN2O/c1-10-6-7-13-14(8-10)18(15(19)17-13)9-11-4-2-3-5-12(11)16/h2-8H,9H2,1H3,(H,17,19). The van der Waals surface area contributed by atoms with Crippen molar-refractivity contribution in [1.82, 2.24) is 9.55 Å². The zero-order valence-corrected chi connectivity index (χ0v) is 11.2. The van der Waals surface area contributed by atoms with Crippen LogP contribution in [0.15, 0.2) is 47.3 Å². The molecule has 3 rings (SSSR count).